The first kappa shape index (κ1) is 12.0. The molecule has 0 bridgehead atoms. The van der Waals surface area contributed by atoms with Crippen LogP contribution in [-0.4, -0.2) is 23.2 Å². The summed E-state index contributed by atoms with van der Waals surface area (Å²) in [4.78, 5) is 10.9. The number of carbonyl (C=O) groups is 1. The molecule has 0 radical (unpaired) electrons. The molecule has 3 nitrogen and oxygen atoms in total. The molecular formula is C10H17NO2. The van der Waals surface area contributed by atoms with E-state index in [0.717, 1.165) is 6.42 Å². The fourth-order valence-corrected chi connectivity index (χ4v) is 1.07. The molecule has 0 aromatic heterocycles. The fraction of sp³-hybridized carbons (Fsp3) is 0.700. The lowest BCUT2D eigenvalue weighted by atomic mass is 10.0. The zero-order chi connectivity index (χ0) is 10.3. The Hall–Kier alpha value is -1.01. The smallest absolute Gasteiger partial charge is 0.232 e. The van der Waals surface area contributed by atoms with Crippen LogP contribution < -0.4 is 5.32 Å². The Kier molecular flexibility index (Phi) is 5.17. The van der Waals surface area contributed by atoms with E-state index in [0.29, 0.717) is 6.42 Å². The Bertz CT molecular complexity index is 203. The van der Waals surface area contributed by atoms with Crippen LogP contribution in [0, 0.1) is 12.3 Å². The summed E-state index contributed by atoms with van der Waals surface area (Å²) in [6.07, 6.45) is 6.58. The number of nitrogens with one attached hydrogen (secondary N) is 1. The first-order chi connectivity index (χ1) is 6.02. The Morgan fingerprint density at radius 1 is 1.69 bits per heavy atom. The van der Waals surface area contributed by atoms with Gasteiger partial charge in [-0.3, -0.25) is 4.79 Å². The zero-order valence-corrected chi connectivity index (χ0v) is 8.26. The molecular weight excluding hydrogens is 166 g/mol. The molecule has 2 N–H and O–H groups in total. The zero-order valence-electron chi connectivity index (χ0n) is 8.26. The number of carbonyl (C=O) groups excluding carboxylic acids is 1. The summed E-state index contributed by atoms with van der Waals surface area (Å²) in [6.45, 7) is 3.95. The third-order valence-electron chi connectivity index (χ3n) is 1.72. The largest absolute Gasteiger partial charge is 0.388 e. The van der Waals surface area contributed by atoms with E-state index in [4.69, 9.17) is 6.42 Å². The highest BCUT2D eigenvalue weighted by Crippen LogP contribution is 2.09. The van der Waals surface area contributed by atoms with Crippen molar-refractivity contribution in [3.63, 3.8) is 0 Å². The second-order valence-electron chi connectivity index (χ2n) is 3.40. The first-order valence-corrected chi connectivity index (χ1v) is 4.44. The van der Waals surface area contributed by atoms with Gasteiger partial charge >= 0.3 is 0 Å². The van der Waals surface area contributed by atoms with E-state index >= 15 is 0 Å². The maximum atomic E-state index is 10.9. The lowest BCUT2D eigenvalue weighted by Gasteiger charge is -2.22. The first-order valence-electron chi connectivity index (χ1n) is 4.44. The minimum Gasteiger partial charge on any atom is -0.388 e. The van der Waals surface area contributed by atoms with Gasteiger partial charge in [-0.2, -0.15) is 0 Å². The number of rotatable bonds is 5. The summed E-state index contributed by atoms with van der Waals surface area (Å²) >= 11 is 0. The second-order valence-corrected chi connectivity index (χ2v) is 3.40. The highest BCUT2D eigenvalue weighted by atomic mass is 16.3. The number of terminal acetylenes is 1. The van der Waals surface area contributed by atoms with Gasteiger partial charge in [0.15, 0.2) is 0 Å². The van der Waals surface area contributed by atoms with E-state index in [2.05, 4.69) is 11.2 Å². The average Bonchev–Trinajstić information content (AvgIpc) is 2.02. The number of hydrogen-bond donors (Lipinski definition) is 2. The van der Waals surface area contributed by atoms with Gasteiger partial charge in [-0.05, 0) is 13.3 Å². The standard InChI is InChI=1S/C10H17NO2/c1-4-6-9(12)11-8-10(3,13)7-5-2/h1,13H,5-8H2,2-3H3,(H,11,12). The summed E-state index contributed by atoms with van der Waals surface area (Å²) in [6, 6.07) is 0. The quantitative estimate of drug-likeness (QED) is 0.616. The molecule has 1 atom stereocenters. The van der Waals surface area contributed by atoms with Crippen molar-refractivity contribution in [3.8, 4) is 12.3 Å². The molecule has 0 saturated heterocycles. The maximum Gasteiger partial charge on any atom is 0.232 e. The molecule has 0 aromatic carbocycles. The summed E-state index contributed by atoms with van der Waals surface area (Å²) in [5.74, 6) is 2.03. The van der Waals surface area contributed by atoms with Crippen molar-refractivity contribution in [2.75, 3.05) is 6.54 Å². The van der Waals surface area contributed by atoms with Gasteiger partial charge in [0.05, 0.1) is 12.0 Å². The molecule has 3 heteroatoms. The fourth-order valence-electron chi connectivity index (χ4n) is 1.07. The molecule has 13 heavy (non-hydrogen) atoms. The summed E-state index contributed by atoms with van der Waals surface area (Å²) in [7, 11) is 0. The highest BCUT2D eigenvalue weighted by Gasteiger charge is 2.19. The Labute approximate surface area is 79.5 Å². The van der Waals surface area contributed by atoms with Gasteiger partial charge in [0, 0.05) is 6.54 Å². The van der Waals surface area contributed by atoms with Gasteiger partial charge in [-0.25, -0.2) is 0 Å². The van der Waals surface area contributed by atoms with Crippen LogP contribution in [0.5, 0.6) is 0 Å². The van der Waals surface area contributed by atoms with E-state index in [-0.39, 0.29) is 18.9 Å². The lowest BCUT2D eigenvalue weighted by molar-refractivity contribution is -0.121. The van der Waals surface area contributed by atoms with E-state index in [1.807, 2.05) is 6.92 Å². The van der Waals surface area contributed by atoms with Crippen LogP contribution in [0.25, 0.3) is 0 Å². The lowest BCUT2D eigenvalue weighted by Crippen LogP contribution is -2.40. The van der Waals surface area contributed by atoms with E-state index in [1.165, 1.54) is 0 Å². The molecule has 1 amide bonds. The molecule has 0 rings (SSSR count). The van der Waals surface area contributed by atoms with Crippen molar-refractivity contribution in [1.29, 1.82) is 0 Å². The van der Waals surface area contributed by atoms with Crippen LogP contribution in [0.15, 0.2) is 0 Å². The van der Waals surface area contributed by atoms with Crippen LogP contribution >= 0.6 is 0 Å². The summed E-state index contributed by atoms with van der Waals surface area (Å²) in [5.41, 5.74) is -0.820. The predicted octanol–water partition coefficient (Wildman–Crippen LogP) is 0.677. The second kappa shape index (κ2) is 5.60. The molecule has 0 aromatic rings. The average molecular weight is 183 g/mol. The van der Waals surface area contributed by atoms with Crippen LogP contribution in [0.3, 0.4) is 0 Å². The summed E-state index contributed by atoms with van der Waals surface area (Å²) < 4.78 is 0. The van der Waals surface area contributed by atoms with Gasteiger partial charge in [-0.1, -0.05) is 19.3 Å². The van der Waals surface area contributed by atoms with Gasteiger partial charge in [0.25, 0.3) is 0 Å². The topological polar surface area (TPSA) is 49.3 Å². The molecule has 0 saturated carbocycles. The van der Waals surface area contributed by atoms with Crippen molar-refractivity contribution in [2.45, 2.75) is 38.7 Å². The molecule has 0 fully saturated rings. The van der Waals surface area contributed by atoms with Gasteiger partial charge in [0.1, 0.15) is 0 Å². The molecule has 0 spiro atoms. The van der Waals surface area contributed by atoms with E-state index in [1.54, 1.807) is 6.92 Å². The molecule has 0 aliphatic rings. The Balaban J connectivity index is 3.75. The number of hydrogen-bond acceptors (Lipinski definition) is 2. The molecule has 1 unspecified atom stereocenters. The van der Waals surface area contributed by atoms with Crippen molar-refractivity contribution >= 4 is 5.91 Å². The monoisotopic (exact) mass is 183 g/mol. The maximum absolute atomic E-state index is 10.9. The SMILES string of the molecule is C#CCC(=O)NCC(C)(O)CCC. The minimum absolute atomic E-state index is 0.0716. The number of aliphatic hydroxyl groups is 1. The van der Waals surface area contributed by atoms with Gasteiger partial charge in [-0.15, -0.1) is 6.42 Å². The Morgan fingerprint density at radius 2 is 2.31 bits per heavy atom. The molecule has 0 aliphatic heterocycles. The van der Waals surface area contributed by atoms with Crippen molar-refractivity contribution < 1.29 is 9.90 Å². The molecule has 0 aliphatic carbocycles. The van der Waals surface area contributed by atoms with Gasteiger partial charge in [0.2, 0.25) is 5.91 Å². The van der Waals surface area contributed by atoms with Crippen molar-refractivity contribution in [2.24, 2.45) is 0 Å². The molecule has 0 heterocycles. The van der Waals surface area contributed by atoms with Crippen LogP contribution in [-0.2, 0) is 4.79 Å². The van der Waals surface area contributed by atoms with Crippen LogP contribution in [0.1, 0.15) is 33.1 Å². The highest BCUT2D eigenvalue weighted by molar-refractivity contribution is 5.78. The minimum atomic E-state index is -0.820. The predicted molar refractivity (Wildman–Crippen MR) is 52.0 cm³/mol. The summed E-state index contributed by atoms with van der Waals surface area (Å²) in [5, 5.41) is 12.2. The normalized spacial score (nSPS) is 14.3. The van der Waals surface area contributed by atoms with E-state index in [9.17, 15) is 9.90 Å². The van der Waals surface area contributed by atoms with Gasteiger partial charge < -0.3 is 10.4 Å². The van der Waals surface area contributed by atoms with Crippen molar-refractivity contribution in [1.82, 2.24) is 5.32 Å². The number of amides is 1. The Morgan fingerprint density at radius 3 is 2.77 bits per heavy atom. The third kappa shape index (κ3) is 6.18. The van der Waals surface area contributed by atoms with E-state index < -0.39 is 5.60 Å². The van der Waals surface area contributed by atoms with Crippen molar-refractivity contribution in [3.05, 3.63) is 0 Å². The molecule has 74 valence electrons. The van der Waals surface area contributed by atoms with Crippen LogP contribution in [0.4, 0.5) is 0 Å². The third-order valence-corrected chi connectivity index (χ3v) is 1.72. The van der Waals surface area contributed by atoms with Crippen LogP contribution in [0.2, 0.25) is 0 Å².